The van der Waals surface area contributed by atoms with Crippen molar-refractivity contribution in [2.75, 3.05) is 6.61 Å². The van der Waals surface area contributed by atoms with Gasteiger partial charge in [0, 0.05) is 12.4 Å². The lowest BCUT2D eigenvalue weighted by Gasteiger charge is -2.25. The van der Waals surface area contributed by atoms with E-state index >= 15 is 0 Å². The minimum absolute atomic E-state index is 0.130. The fourth-order valence-electron chi connectivity index (χ4n) is 1.27. The van der Waals surface area contributed by atoms with Crippen LogP contribution in [0.15, 0.2) is 30.6 Å². The zero-order chi connectivity index (χ0) is 18.0. The summed E-state index contributed by atoms with van der Waals surface area (Å²) in [6.45, 7) is 1.86. The van der Waals surface area contributed by atoms with E-state index in [-0.39, 0.29) is 6.61 Å². The summed E-state index contributed by atoms with van der Waals surface area (Å²) in [5.41, 5.74) is 0. The molecule has 134 valence electrons. The van der Waals surface area contributed by atoms with E-state index < -0.39 is 19.0 Å². The summed E-state index contributed by atoms with van der Waals surface area (Å²) >= 11 is 10.4. The number of aromatic nitrogens is 1. The molecule has 0 saturated heterocycles. The Kier molecular flexibility index (Phi) is 10.8. The second-order valence-electron chi connectivity index (χ2n) is 4.49. The molecule has 0 saturated carbocycles. The second-order valence-corrected chi connectivity index (χ2v) is 11.0. The maximum absolute atomic E-state index is 11.5. The average molecular weight is 408 g/mol. The van der Waals surface area contributed by atoms with Gasteiger partial charge in [0.25, 0.3) is 0 Å². The Morgan fingerprint density at radius 3 is 1.96 bits per heavy atom. The van der Waals surface area contributed by atoms with Crippen molar-refractivity contribution in [3.8, 4) is 0 Å². The maximum Gasteiger partial charge on any atom is 0.376 e. The molecule has 0 aromatic carbocycles. The molecule has 0 aliphatic carbocycles. The first-order valence-corrected chi connectivity index (χ1v) is 10.8. The van der Waals surface area contributed by atoms with Crippen LogP contribution in [0.4, 0.5) is 0 Å². The van der Waals surface area contributed by atoms with Crippen LogP contribution in [0.25, 0.3) is 0 Å². The van der Waals surface area contributed by atoms with Gasteiger partial charge in [-0.3, -0.25) is 14.1 Å². The van der Waals surface area contributed by atoms with Gasteiger partial charge in [0.05, 0.1) is 6.61 Å². The van der Waals surface area contributed by atoms with Gasteiger partial charge in [-0.2, -0.15) is 0 Å². The molecule has 0 spiro atoms. The number of alkyl halides is 2. The van der Waals surface area contributed by atoms with Crippen molar-refractivity contribution >= 4 is 38.4 Å². The largest absolute Gasteiger partial charge is 0.376 e. The Labute approximate surface area is 145 Å². The van der Waals surface area contributed by atoms with E-state index in [4.69, 9.17) is 33.0 Å². The van der Waals surface area contributed by atoms with Crippen molar-refractivity contribution in [3.05, 3.63) is 30.6 Å². The smallest absolute Gasteiger partial charge is 0.322 e. The lowest BCUT2D eigenvalue weighted by atomic mass is 10.2. The molecule has 1 aromatic heterocycles. The van der Waals surface area contributed by atoms with Gasteiger partial charge in [0.15, 0.2) is 0 Å². The fraction of sp³-hybridized carbons (Fsp3) is 0.583. The number of halogens is 2. The van der Waals surface area contributed by atoms with Crippen LogP contribution < -0.4 is 0 Å². The molecule has 1 heterocycles. The highest BCUT2D eigenvalue weighted by Gasteiger charge is 2.59. The molecule has 11 heteroatoms. The van der Waals surface area contributed by atoms with Crippen molar-refractivity contribution in [2.45, 2.75) is 36.4 Å². The molecule has 1 rings (SSSR count). The summed E-state index contributed by atoms with van der Waals surface area (Å²) < 4.78 is 23.7. The number of nitrogens with zero attached hydrogens (tertiary/aromatic N) is 1. The third kappa shape index (κ3) is 8.62. The molecule has 1 unspecified atom stereocenters. The first-order chi connectivity index (χ1) is 10.6. The summed E-state index contributed by atoms with van der Waals surface area (Å²) in [4.78, 5) is 30.6. The minimum Gasteiger partial charge on any atom is -0.322 e. The molecular formula is C12H21Cl2NO6P2. The number of pyridine rings is 1. The monoisotopic (exact) mass is 407 g/mol. The molecule has 0 radical (unpaired) electrons. The third-order valence-electron chi connectivity index (χ3n) is 2.52. The van der Waals surface area contributed by atoms with Gasteiger partial charge >= 0.3 is 19.0 Å². The molecule has 0 bridgehead atoms. The van der Waals surface area contributed by atoms with E-state index in [9.17, 15) is 14.0 Å². The zero-order valence-electron chi connectivity index (χ0n) is 12.6. The molecular weight excluding hydrogens is 387 g/mol. The number of unbranched alkanes of at least 4 members (excludes halogenated alkanes) is 3. The van der Waals surface area contributed by atoms with Crippen LogP contribution in [0.5, 0.6) is 0 Å². The number of hydrogen-bond donors (Lipinski definition) is 3. The third-order valence-corrected chi connectivity index (χ3v) is 8.58. The van der Waals surface area contributed by atoms with Gasteiger partial charge < -0.3 is 19.2 Å². The molecule has 0 amide bonds. The standard InChI is InChI=1S/C7H16Cl2O6P2.C5H5N/c1-2-3-4-5-6-15-17(13,14)7(8,9)16(10,11)12;1-2-4-6-5-3-1/h2-6H2,1H3,(H,13,14)(H2,10,11,12);1-5H. The quantitative estimate of drug-likeness (QED) is 0.337. The normalized spacial score (nSPS) is 14.5. The summed E-state index contributed by atoms with van der Waals surface area (Å²) in [5.74, 6) is 0. The van der Waals surface area contributed by atoms with Gasteiger partial charge in [-0.1, -0.05) is 55.5 Å². The van der Waals surface area contributed by atoms with E-state index in [1.165, 1.54) is 0 Å². The van der Waals surface area contributed by atoms with Gasteiger partial charge in [-0.15, -0.1) is 0 Å². The molecule has 0 aliphatic heterocycles. The fourth-order valence-corrected chi connectivity index (χ4v) is 3.59. The predicted molar refractivity (Wildman–Crippen MR) is 90.6 cm³/mol. The topological polar surface area (TPSA) is 117 Å². The van der Waals surface area contributed by atoms with Crippen molar-refractivity contribution in [3.63, 3.8) is 0 Å². The van der Waals surface area contributed by atoms with Crippen LogP contribution in [0, 0.1) is 0 Å². The highest BCUT2D eigenvalue weighted by atomic mass is 35.5. The highest BCUT2D eigenvalue weighted by Crippen LogP contribution is 2.75. The van der Waals surface area contributed by atoms with Crippen LogP contribution in [0.2, 0.25) is 0 Å². The van der Waals surface area contributed by atoms with Crippen LogP contribution in [-0.2, 0) is 13.7 Å². The summed E-state index contributed by atoms with van der Waals surface area (Å²) in [7, 11) is -9.96. The Morgan fingerprint density at radius 2 is 1.61 bits per heavy atom. The van der Waals surface area contributed by atoms with E-state index in [0.717, 1.165) is 19.3 Å². The van der Waals surface area contributed by atoms with E-state index in [2.05, 4.69) is 9.51 Å². The predicted octanol–water partition coefficient (Wildman–Crippen LogP) is 4.12. The Morgan fingerprint density at radius 1 is 1.04 bits per heavy atom. The van der Waals surface area contributed by atoms with Crippen LogP contribution in [0.3, 0.4) is 0 Å². The summed E-state index contributed by atoms with van der Waals surface area (Å²) in [5, 5.41) is 0. The Hall–Kier alpha value is 0.0300. The van der Waals surface area contributed by atoms with Crippen LogP contribution >= 0.6 is 38.4 Å². The van der Waals surface area contributed by atoms with Gasteiger partial charge in [0.1, 0.15) is 0 Å². The Bertz CT molecular complexity index is 499. The van der Waals surface area contributed by atoms with Gasteiger partial charge in [-0.25, -0.2) is 0 Å². The second kappa shape index (κ2) is 10.8. The maximum atomic E-state index is 11.5. The first-order valence-electron chi connectivity index (χ1n) is 6.82. The molecule has 1 aromatic rings. The highest BCUT2D eigenvalue weighted by molar-refractivity contribution is 7.78. The molecule has 1 atom stereocenters. The molecule has 0 aliphatic rings. The summed E-state index contributed by atoms with van der Waals surface area (Å²) in [6, 6.07) is 5.72. The van der Waals surface area contributed by atoms with Crippen LogP contribution in [-0.4, -0.2) is 30.1 Å². The average Bonchev–Trinajstić information content (AvgIpc) is 2.48. The first kappa shape index (κ1) is 23.0. The SMILES string of the molecule is CCCCCCOP(=O)(O)C(Cl)(Cl)P(=O)(O)O.c1ccncc1. The van der Waals surface area contributed by atoms with Crippen molar-refractivity contribution in [1.29, 1.82) is 0 Å². The van der Waals surface area contributed by atoms with E-state index in [1.54, 1.807) is 12.4 Å². The van der Waals surface area contributed by atoms with E-state index in [1.807, 2.05) is 25.1 Å². The van der Waals surface area contributed by atoms with Gasteiger partial charge in [0.2, 0.25) is 0 Å². The van der Waals surface area contributed by atoms with Crippen molar-refractivity contribution in [1.82, 2.24) is 4.98 Å². The summed E-state index contributed by atoms with van der Waals surface area (Å²) in [6.07, 6.45) is 6.69. The lowest BCUT2D eigenvalue weighted by Crippen LogP contribution is -2.16. The zero-order valence-corrected chi connectivity index (χ0v) is 15.9. The number of hydrogen-bond acceptors (Lipinski definition) is 4. The molecule has 3 N–H and O–H groups in total. The molecule has 23 heavy (non-hydrogen) atoms. The van der Waals surface area contributed by atoms with Crippen molar-refractivity contribution < 1.29 is 28.3 Å². The molecule has 0 fully saturated rings. The lowest BCUT2D eigenvalue weighted by molar-refractivity contribution is 0.249. The van der Waals surface area contributed by atoms with Gasteiger partial charge in [-0.05, 0) is 18.6 Å². The van der Waals surface area contributed by atoms with E-state index in [0.29, 0.717) is 6.42 Å². The Balaban J connectivity index is 0.000000664. The van der Waals surface area contributed by atoms with Crippen molar-refractivity contribution in [2.24, 2.45) is 0 Å². The molecule has 7 nitrogen and oxygen atoms in total. The number of rotatable bonds is 8. The van der Waals surface area contributed by atoms with Crippen LogP contribution in [0.1, 0.15) is 32.6 Å². The minimum atomic E-state index is -5.16.